The average molecular weight is 428 g/mol. The number of aryl methyl sites for hydroxylation is 1. The van der Waals surface area contributed by atoms with Gasteiger partial charge in [-0.3, -0.25) is 9.59 Å². The van der Waals surface area contributed by atoms with Gasteiger partial charge >= 0.3 is 12.0 Å². The number of hydrogen-bond donors (Lipinski definition) is 2. The number of urea groups is 1. The molecule has 1 aliphatic heterocycles. The fourth-order valence-corrected chi connectivity index (χ4v) is 3.63. The van der Waals surface area contributed by atoms with Crippen LogP contribution in [0, 0.1) is 13.8 Å². The van der Waals surface area contributed by atoms with Crippen LogP contribution >= 0.6 is 0 Å². The number of nitrogens with zero attached hydrogens (tertiary/aromatic N) is 1. The Kier molecular flexibility index (Phi) is 7.83. The lowest BCUT2D eigenvalue weighted by Crippen LogP contribution is -2.31. The number of amides is 2. The number of rotatable bonds is 9. The third-order valence-electron chi connectivity index (χ3n) is 5.29. The molecule has 166 valence electrons. The van der Waals surface area contributed by atoms with Gasteiger partial charge in [0, 0.05) is 42.3 Å². The number of para-hydroxylation sites is 1. The lowest BCUT2D eigenvalue weighted by atomic mass is 10.1. The van der Waals surface area contributed by atoms with Crippen LogP contribution in [0.2, 0.25) is 0 Å². The van der Waals surface area contributed by atoms with E-state index in [4.69, 9.17) is 9.47 Å². The van der Waals surface area contributed by atoms with Crippen molar-refractivity contribution in [2.24, 2.45) is 0 Å². The van der Waals surface area contributed by atoms with Crippen LogP contribution in [0.15, 0.2) is 36.4 Å². The summed E-state index contributed by atoms with van der Waals surface area (Å²) in [5.74, 6) is -0.781. The number of benzene rings is 1. The van der Waals surface area contributed by atoms with E-state index in [1.165, 1.54) is 0 Å². The number of carbonyl (C=O) groups is 3. The molecule has 1 fully saturated rings. The standard InChI is InChI=1S/C23H29N3O5/c1-16-13-20(17(2)26(16)14-19-9-6-12-30-19)21(27)15-31-22(28)10-11-24-23(29)25-18-7-4-3-5-8-18/h3-5,7-8,13,19H,6,9-12,14-15H2,1-2H3,(H2,24,25,29)/t19-/m0/s1. The monoisotopic (exact) mass is 427 g/mol. The summed E-state index contributed by atoms with van der Waals surface area (Å²) < 4.78 is 12.9. The van der Waals surface area contributed by atoms with Crippen LogP contribution in [-0.2, 0) is 20.8 Å². The Morgan fingerprint density at radius 1 is 1.19 bits per heavy atom. The maximum Gasteiger partial charge on any atom is 0.319 e. The number of ether oxygens (including phenoxy) is 2. The van der Waals surface area contributed by atoms with Crippen LogP contribution in [0.3, 0.4) is 0 Å². The fourth-order valence-electron chi connectivity index (χ4n) is 3.63. The third-order valence-corrected chi connectivity index (χ3v) is 5.29. The molecule has 8 heteroatoms. The van der Waals surface area contributed by atoms with Crippen molar-refractivity contribution >= 4 is 23.5 Å². The first-order valence-corrected chi connectivity index (χ1v) is 10.5. The van der Waals surface area contributed by atoms with Gasteiger partial charge in [-0.2, -0.15) is 0 Å². The van der Waals surface area contributed by atoms with Crippen molar-refractivity contribution in [1.82, 2.24) is 9.88 Å². The van der Waals surface area contributed by atoms with Crippen molar-refractivity contribution in [3.8, 4) is 0 Å². The molecule has 2 aromatic rings. The molecule has 0 spiro atoms. The molecule has 2 heterocycles. The van der Waals surface area contributed by atoms with Gasteiger partial charge in [-0.05, 0) is 44.9 Å². The summed E-state index contributed by atoms with van der Waals surface area (Å²) in [4.78, 5) is 36.3. The van der Waals surface area contributed by atoms with Crippen molar-refractivity contribution in [3.63, 3.8) is 0 Å². The average Bonchev–Trinajstić information content (AvgIpc) is 3.36. The summed E-state index contributed by atoms with van der Waals surface area (Å²) in [6, 6.07) is 10.4. The van der Waals surface area contributed by atoms with Crippen LogP contribution in [-0.4, -0.2) is 48.2 Å². The highest BCUT2D eigenvalue weighted by Crippen LogP contribution is 2.20. The Labute approximate surface area is 181 Å². The second kappa shape index (κ2) is 10.8. The summed E-state index contributed by atoms with van der Waals surface area (Å²) >= 11 is 0. The van der Waals surface area contributed by atoms with E-state index in [1.807, 2.05) is 38.1 Å². The molecule has 0 saturated carbocycles. The van der Waals surface area contributed by atoms with E-state index >= 15 is 0 Å². The van der Waals surface area contributed by atoms with Crippen molar-refractivity contribution in [2.75, 3.05) is 25.1 Å². The number of esters is 1. The fraction of sp³-hybridized carbons (Fsp3) is 0.435. The van der Waals surface area contributed by atoms with Gasteiger partial charge < -0.3 is 24.7 Å². The van der Waals surface area contributed by atoms with Crippen LogP contribution in [0.4, 0.5) is 10.5 Å². The molecule has 0 bridgehead atoms. The maximum absolute atomic E-state index is 12.6. The van der Waals surface area contributed by atoms with E-state index in [-0.39, 0.29) is 31.5 Å². The summed E-state index contributed by atoms with van der Waals surface area (Å²) in [6.07, 6.45) is 2.24. The van der Waals surface area contributed by atoms with Gasteiger partial charge in [0.15, 0.2) is 6.61 Å². The molecular weight excluding hydrogens is 398 g/mol. The second-order valence-electron chi connectivity index (χ2n) is 7.61. The minimum absolute atomic E-state index is 0.0203. The summed E-state index contributed by atoms with van der Waals surface area (Å²) in [5, 5.41) is 5.24. The molecule has 2 amide bonds. The number of aromatic nitrogens is 1. The number of anilines is 1. The normalized spacial score (nSPS) is 15.5. The smallest absolute Gasteiger partial charge is 0.319 e. The summed E-state index contributed by atoms with van der Waals surface area (Å²) in [6.45, 7) is 5.15. The van der Waals surface area contributed by atoms with Gasteiger partial charge in [0.05, 0.1) is 12.5 Å². The van der Waals surface area contributed by atoms with E-state index in [1.54, 1.807) is 12.1 Å². The van der Waals surface area contributed by atoms with Gasteiger partial charge in [-0.25, -0.2) is 4.79 Å². The van der Waals surface area contributed by atoms with Crippen molar-refractivity contribution < 1.29 is 23.9 Å². The molecule has 2 N–H and O–H groups in total. The van der Waals surface area contributed by atoms with Crippen LogP contribution in [0.5, 0.6) is 0 Å². The highest BCUT2D eigenvalue weighted by atomic mass is 16.5. The first kappa shape index (κ1) is 22.6. The predicted molar refractivity (Wildman–Crippen MR) is 116 cm³/mol. The number of nitrogens with one attached hydrogen (secondary N) is 2. The van der Waals surface area contributed by atoms with Gasteiger partial charge in [0.25, 0.3) is 0 Å². The van der Waals surface area contributed by atoms with Gasteiger partial charge in [0.2, 0.25) is 5.78 Å². The Balaban J connectivity index is 1.40. The van der Waals surface area contributed by atoms with E-state index in [0.717, 1.165) is 37.4 Å². The SMILES string of the molecule is Cc1cc(C(=O)COC(=O)CCNC(=O)Nc2ccccc2)c(C)n1C[C@@H]1CCCO1. The zero-order valence-electron chi connectivity index (χ0n) is 18.0. The van der Waals surface area contributed by atoms with Crippen LogP contribution in [0.1, 0.15) is 41.0 Å². The molecule has 0 radical (unpaired) electrons. The first-order valence-electron chi connectivity index (χ1n) is 10.5. The molecule has 0 unspecified atom stereocenters. The zero-order chi connectivity index (χ0) is 22.2. The van der Waals surface area contributed by atoms with Crippen molar-refractivity contribution in [1.29, 1.82) is 0 Å². The third kappa shape index (κ3) is 6.42. The number of carbonyl (C=O) groups excluding carboxylic acids is 3. The minimum atomic E-state index is -0.540. The summed E-state index contributed by atoms with van der Waals surface area (Å²) in [7, 11) is 0. The number of Topliss-reactive ketones (excluding diaryl/α,β-unsaturated/α-hetero) is 1. The van der Waals surface area contributed by atoms with Gasteiger partial charge in [-0.1, -0.05) is 18.2 Å². The molecule has 1 saturated heterocycles. The number of ketones is 1. The highest BCUT2D eigenvalue weighted by molar-refractivity contribution is 5.99. The first-order chi connectivity index (χ1) is 14.9. The largest absolute Gasteiger partial charge is 0.457 e. The second-order valence-corrected chi connectivity index (χ2v) is 7.61. The van der Waals surface area contributed by atoms with Crippen LogP contribution in [0.25, 0.3) is 0 Å². The van der Waals surface area contributed by atoms with Crippen LogP contribution < -0.4 is 10.6 Å². The predicted octanol–water partition coefficient (Wildman–Crippen LogP) is 3.22. The lowest BCUT2D eigenvalue weighted by Gasteiger charge is -2.14. The Bertz CT molecular complexity index is 917. The quantitative estimate of drug-likeness (QED) is 0.473. The van der Waals surface area contributed by atoms with Crippen molar-refractivity contribution in [3.05, 3.63) is 53.3 Å². The Morgan fingerprint density at radius 3 is 2.68 bits per heavy atom. The lowest BCUT2D eigenvalue weighted by molar-refractivity contribution is -0.142. The Hall–Kier alpha value is -3.13. The van der Waals surface area contributed by atoms with E-state index in [9.17, 15) is 14.4 Å². The highest BCUT2D eigenvalue weighted by Gasteiger charge is 2.21. The molecule has 1 aliphatic rings. The van der Waals surface area contributed by atoms with E-state index in [2.05, 4.69) is 15.2 Å². The van der Waals surface area contributed by atoms with Gasteiger partial charge in [-0.15, -0.1) is 0 Å². The molecule has 1 aromatic heterocycles. The summed E-state index contributed by atoms with van der Waals surface area (Å²) in [5.41, 5.74) is 3.05. The van der Waals surface area contributed by atoms with Crippen molar-refractivity contribution in [2.45, 2.75) is 45.8 Å². The molecule has 1 aromatic carbocycles. The van der Waals surface area contributed by atoms with E-state index < -0.39 is 12.0 Å². The molecule has 31 heavy (non-hydrogen) atoms. The zero-order valence-corrected chi connectivity index (χ0v) is 18.0. The number of hydrogen-bond acceptors (Lipinski definition) is 5. The molecule has 8 nitrogen and oxygen atoms in total. The molecule has 3 rings (SSSR count). The minimum Gasteiger partial charge on any atom is -0.457 e. The Morgan fingerprint density at radius 2 is 1.97 bits per heavy atom. The maximum atomic E-state index is 12.6. The molecule has 1 atom stereocenters. The van der Waals surface area contributed by atoms with Gasteiger partial charge in [0.1, 0.15) is 0 Å². The molecular formula is C23H29N3O5. The molecule has 0 aliphatic carbocycles. The topological polar surface area (TPSA) is 98.7 Å². The van der Waals surface area contributed by atoms with E-state index in [0.29, 0.717) is 11.3 Å².